The van der Waals surface area contributed by atoms with Crippen LogP contribution in [0.1, 0.15) is 0 Å². The van der Waals surface area contributed by atoms with Gasteiger partial charge in [-0.2, -0.15) is 0 Å². The van der Waals surface area contributed by atoms with Gasteiger partial charge < -0.3 is 21.9 Å². The maximum absolute atomic E-state index is 8.36. The molecule has 0 saturated carbocycles. The van der Waals surface area contributed by atoms with E-state index < -0.39 is 22.1 Å². The molecule has 16 heavy (non-hydrogen) atoms. The van der Waals surface area contributed by atoms with Crippen LogP contribution in [0.25, 0.3) is 0 Å². The number of hydrogen-bond acceptors (Lipinski definition) is 6. The highest BCUT2D eigenvalue weighted by Crippen LogP contribution is 1.68. The lowest BCUT2D eigenvalue weighted by molar-refractivity contribution is -0.742. The SMILES string of the molecule is N=C(N)/N=N/C(=N)N.O=[N+]([O-])O.O=[N+]([O-])O. The first-order valence-corrected chi connectivity index (χ1v) is 2.85. The quantitative estimate of drug-likeness (QED) is 0.0954. The maximum Gasteiger partial charge on any atom is 0.291 e. The Balaban J connectivity index is -0.000000179. The molecular formula is C2H8N8O6. The summed E-state index contributed by atoms with van der Waals surface area (Å²) in [5, 5.41) is 46.1. The van der Waals surface area contributed by atoms with Gasteiger partial charge in [0.15, 0.2) is 0 Å². The number of nitrogens with one attached hydrogen (secondary N) is 2. The van der Waals surface area contributed by atoms with E-state index in [4.69, 9.17) is 52.9 Å². The molecule has 14 nitrogen and oxygen atoms in total. The van der Waals surface area contributed by atoms with Gasteiger partial charge in [-0.1, -0.05) is 0 Å². The van der Waals surface area contributed by atoms with E-state index in [1.54, 1.807) is 0 Å². The Morgan fingerprint density at radius 1 is 1.00 bits per heavy atom. The Bertz CT molecular complexity index is 248. The minimum atomic E-state index is -1.50. The van der Waals surface area contributed by atoms with Crippen molar-refractivity contribution >= 4 is 11.9 Å². The smallest absolute Gasteiger partial charge is 0.291 e. The third-order valence-corrected chi connectivity index (χ3v) is 0.265. The van der Waals surface area contributed by atoms with Crippen molar-refractivity contribution in [3.8, 4) is 0 Å². The highest BCUT2D eigenvalue weighted by atomic mass is 16.9. The second-order valence-electron chi connectivity index (χ2n) is 1.45. The average molecular weight is 240 g/mol. The second kappa shape index (κ2) is 11.9. The van der Waals surface area contributed by atoms with Gasteiger partial charge in [-0.15, -0.1) is 30.5 Å². The molecule has 0 aromatic rings. The summed E-state index contributed by atoms with van der Waals surface area (Å²) < 4.78 is 0. The van der Waals surface area contributed by atoms with Gasteiger partial charge >= 0.3 is 0 Å². The van der Waals surface area contributed by atoms with E-state index in [0.717, 1.165) is 0 Å². The molecule has 0 rings (SSSR count). The predicted molar refractivity (Wildman–Crippen MR) is 46.2 cm³/mol. The third-order valence-electron chi connectivity index (χ3n) is 0.265. The fourth-order valence-corrected chi connectivity index (χ4v) is 0.108. The minimum Gasteiger partial charge on any atom is -0.367 e. The maximum atomic E-state index is 8.36. The van der Waals surface area contributed by atoms with Crippen LogP contribution in [0.3, 0.4) is 0 Å². The van der Waals surface area contributed by atoms with Crippen LogP contribution in [0.4, 0.5) is 0 Å². The molecule has 0 fully saturated rings. The van der Waals surface area contributed by atoms with Crippen molar-refractivity contribution in [3.05, 3.63) is 20.2 Å². The predicted octanol–water partition coefficient (Wildman–Crippen LogP) is -1.47. The first-order chi connectivity index (χ1) is 7.09. The van der Waals surface area contributed by atoms with Crippen LogP contribution < -0.4 is 11.5 Å². The molecule has 0 amide bonds. The molecule has 0 spiro atoms. The van der Waals surface area contributed by atoms with Crippen molar-refractivity contribution in [1.82, 2.24) is 0 Å². The Hall–Kier alpha value is -3.06. The monoisotopic (exact) mass is 240 g/mol. The molecule has 0 heterocycles. The second-order valence-corrected chi connectivity index (χ2v) is 1.45. The van der Waals surface area contributed by atoms with E-state index in [9.17, 15) is 0 Å². The van der Waals surface area contributed by atoms with Crippen molar-refractivity contribution in [2.75, 3.05) is 0 Å². The van der Waals surface area contributed by atoms with Crippen molar-refractivity contribution in [3.63, 3.8) is 0 Å². The highest BCUT2D eigenvalue weighted by Gasteiger charge is 1.79. The van der Waals surface area contributed by atoms with Gasteiger partial charge in [-0.05, 0) is 0 Å². The van der Waals surface area contributed by atoms with Crippen molar-refractivity contribution < 1.29 is 20.6 Å². The first kappa shape index (κ1) is 18.7. The van der Waals surface area contributed by atoms with Crippen LogP contribution in [0.5, 0.6) is 0 Å². The van der Waals surface area contributed by atoms with Gasteiger partial charge in [-0.3, -0.25) is 10.8 Å². The number of azo groups is 1. The topological polar surface area (TPSA) is 251 Å². The Morgan fingerprint density at radius 3 is 1.19 bits per heavy atom. The van der Waals surface area contributed by atoms with E-state index in [-0.39, 0.29) is 0 Å². The summed E-state index contributed by atoms with van der Waals surface area (Å²) >= 11 is 0. The first-order valence-electron chi connectivity index (χ1n) is 2.85. The van der Waals surface area contributed by atoms with Gasteiger partial charge in [0.05, 0.1) is 0 Å². The van der Waals surface area contributed by atoms with Crippen molar-refractivity contribution in [1.29, 1.82) is 10.8 Å². The van der Waals surface area contributed by atoms with Crippen molar-refractivity contribution in [2.45, 2.75) is 0 Å². The van der Waals surface area contributed by atoms with Gasteiger partial charge in [-0.25, -0.2) is 0 Å². The fourth-order valence-electron chi connectivity index (χ4n) is 0.108. The number of rotatable bonds is 0. The molecule has 0 radical (unpaired) electrons. The number of nitrogens with two attached hydrogens (primary N) is 2. The summed E-state index contributed by atoms with van der Waals surface area (Å²) in [6, 6.07) is 0. The third kappa shape index (κ3) is 287. The van der Waals surface area contributed by atoms with Crippen LogP contribution in [0, 0.1) is 31.0 Å². The summed E-state index contributed by atoms with van der Waals surface area (Å²) in [5.41, 5.74) is 9.42. The lowest BCUT2D eigenvalue weighted by Gasteiger charge is -1.80. The highest BCUT2D eigenvalue weighted by molar-refractivity contribution is 5.79. The molecule has 0 aliphatic rings. The molecule has 8 N–H and O–H groups in total. The Morgan fingerprint density at radius 2 is 1.12 bits per heavy atom. The largest absolute Gasteiger partial charge is 0.367 e. The Labute approximate surface area is 86.4 Å². The zero-order chi connectivity index (χ0) is 13.7. The van der Waals surface area contributed by atoms with Gasteiger partial charge in [0.25, 0.3) is 10.2 Å². The molecule has 0 aliphatic heterocycles. The van der Waals surface area contributed by atoms with E-state index >= 15 is 0 Å². The zero-order valence-corrected chi connectivity index (χ0v) is 7.47. The molecule has 0 atom stereocenters. The van der Waals surface area contributed by atoms with Crippen molar-refractivity contribution in [2.24, 2.45) is 21.7 Å². The van der Waals surface area contributed by atoms with E-state index in [2.05, 4.69) is 10.2 Å². The minimum absolute atomic E-state index is 0.458. The number of guanidine groups is 2. The summed E-state index contributed by atoms with van der Waals surface area (Å²) in [4.78, 5) is 16.7. The van der Waals surface area contributed by atoms with Crippen LogP contribution in [-0.2, 0) is 0 Å². The van der Waals surface area contributed by atoms with Crippen LogP contribution in [-0.4, -0.2) is 32.5 Å². The van der Waals surface area contributed by atoms with Crippen LogP contribution in [0.2, 0.25) is 0 Å². The van der Waals surface area contributed by atoms with Gasteiger partial charge in [0.1, 0.15) is 0 Å². The van der Waals surface area contributed by atoms with Crippen LogP contribution in [0.15, 0.2) is 10.2 Å². The van der Waals surface area contributed by atoms with Crippen LogP contribution >= 0.6 is 0 Å². The average Bonchev–Trinajstić information content (AvgIpc) is 1.98. The summed E-state index contributed by atoms with van der Waals surface area (Å²) in [5.74, 6) is -0.916. The molecular weight excluding hydrogens is 232 g/mol. The molecule has 0 aromatic carbocycles. The summed E-state index contributed by atoms with van der Waals surface area (Å²) in [7, 11) is 0. The molecule has 0 aromatic heterocycles. The molecule has 0 saturated heterocycles. The normalized spacial score (nSPS) is 7.75. The zero-order valence-electron chi connectivity index (χ0n) is 7.47. The van der Waals surface area contributed by atoms with Gasteiger partial charge in [0.2, 0.25) is 11.9 Å². The molecule has 0 bridgehead atoms. The summed E-state index contributed by atoms with van der Waals surface area (Å²) in [6.45, 7) is 0. The standard InChI is InChI=1S/C2H6N6.2HNO3/c3-1(4)7-8-2(5)6;2*2-1(3)4/h(H3,3,4)(H3,5,6);2*(H,2,3,4)/b8-7+;;. The lowest BCUT2D eigenvalue weighted by atomic mass is 11.1. The molecule has 0 unspecified atom stereocenters. The van der Waals surface area contributed by atoms with Gasteiger partial charge in [0, 0.05) is 0 Å². The molecule has 92 valence electrons. The molecule has 14 heteroatoms. The van der Waals surface area contributed by atoms with E-state index in [0.29, 0.717) is 0 Å². The van der Waals surface area contributed by atoms with E-state index in [1.807, 2.05) is 0 Å². The number of hydrogen-bond donors (Lipinski definition) is 6. The fraction of sp³-hybridized carbons (Fsp3) is 0. The van der Waals surface area contributed by atoms with E-state index in [1.165, 1.54) is 0 Å². The Kier molecular flexibility index (Phi) is 13.9. The lowest BCUT2D eigenvalue weighted by Crippen LogP contribution is -2.09. The molecule has 0 aliphatic carbocycles. The number of nitrogens with zero attached hydrogens (tertiary/aromatic N) is 4. The summed E-state index contributed by atoms with van der Waals surface area (Å²) in [6.07, 6.45) is 0.